The van der Waals surface area contributed by atoms with Gasteiger partial charge in [-0.1, -0.05) is 0 Å². The van der Waals surface area contributed by atoms with E-state index in [1.54, 1.807) is 14.2 Å². The van der Waals surface area contributed by atoms with Gasteiger partial charge in [0.25, 0.3) is 0 Å². The van der Waals surface area contributed by atoms with Gasteiger partial charge in [0.1, 0.15) is 11.4 Å². The van der Waals surface area contributed by atoms with Crippen LogP contribution in [-0.4, -0.2) is 51.8 Å². The monoisotopic (exact) mass is 291 g/mol. The van der Waals surface area contributed by atoms with Gasteiger partial charge in [-0.05, 0) is 44.5 Å². The highest BCUT2D eigenvalue weighted by Crippen LogP contribution is 2.35. The Morgan fingerprint density at radius 2 is 2.05 bits per heavy atom. The Balaban J connectivity index is 1.75. The molecule has 2 atom stereocenters. The van der Waals surface area contributed by atoms with Crippen LogP contribution in [0.3, 0.4) is 0 Å². The van der Waals surface area contributed by atoms with E-state index in [1.165, 1.54) is 25.1 Å². The smallest absolute Gasteiger partial charge is 0.146 e. The average molecular weight is 291 g/mol. The summed E-state index contributed by atoms with van der Waals surface area (Å²) in [5, 5.41) is 0. The number of piperidine rings is 1. The second kappa shape index (κ2) is 6.12. The first-order valence-corrected chi connectivity index (χ1v) is 7.65. The molecule has 2 aliphatic rings. The molecule has 0 spiro atoms. The van der Waals surface area contributed by atoms with E-state index < -0.39 is 0 Å². The van der Waals surface area contributed by atoms with Crippen LogP contribution in [0.25, 0.3) is 0 Å². The van der Waals surface area contributed by atoms with Gasteiger partial charge in [-0.25, -0.2) is 0 Å². The van der Waals surface area contributed by atoms with E-state index in [1.807, 2.05) is 6.07 Å². The topological polar surface area (TPSA) is 37.0 Å². The molecular weight excluding hydrogens is 266 g/mol. The number of likely N-dealkylation sites (tertiary alicyclic amines) is 1. The van der Waals surface area contributed by atoms with Gasteiger partial charge >= 0.3 is 0 Å². The molecule has 2 aliphatic heterocycles. The van der Waals surface area contributed by atoms with Crippen LogP contribution >= 0.6 is 0 Å². The Morgan fingerprint density at radius 3 is 2.81 bits per heavy atom. The van der Waals surface area contributed by atoms with Crippen LogP contribution in [0, 0.1) is 5.92 Å². The van der Waals surface area contributed by atoms with Crippen molar-refractivity contribution in [3.05, 3.63) is 18.2 Å². The van der Waals surface area contributed by atoms with E-state index in [0.717, 1.165) is 36.5 Å². The van der Waals surface area contributed by atoms with Crippen LogP contribution in [-0.2, 0) is 4.84 Å². The SMILES string of the molecule is CONc1ccc(N2CCC3C(CCN3C)C2)cc1OC. The molecule has 1 N–H and O–H groups in total. The molecule has 1 aromatic carbocycles. The standard InChI is InChI=1S/C16H25N3O2/c1-18-8-6-12-11-19(9-7-15(12)18)13-4-5-14(17-21-3)16(10-13)20-2/h4-5,10,12,15,17H,6-9,11H2,1-3H3. The molecule has 0 bridgehead atoms. The number of nitrogens with zero attached hydrogens (tertiary/aromatic N) is 2. The van der Waals surface area contributed by atoms with Gasteiger partial charge in [-0.2, -0.15) is 0 Å². The lowest BCUT2D eigenvalue weighted by Gasteiger charge is -2.38. The highest BCUT2D eigenvalue weighted by atomic mass is 16.6. The van der Waals surface area contributed by atoms with Crippen molar-refractivity contribution in [1.82, 2.24) is 4.90 Å². The molecule has 2 heterocycles. The maximum atomic E-state index is 5.46. The number of ether oxygens (including phenoxy) is 1. The van der Waals surface area contributed by atoms with Gasteiger partial charge in [0.05, 0.1) is 14.2 Å². The van der Waals surface area contributed by atoms with Crippen molar-refractivity contribution in [3.63, 3.8) is 0 Å². The number of hydrogen-bond acceptors (Lipinski definition) is 5. The van der Waals surface area contributed by atoms with Crippen molar-refractivity contribution in [1.29, 1.82) is 0 Å². The summed E-state index contributed by atoms with van der Waals surface area (Å²) in [5.74, 6) is 1.62. The highest BCUT2D eigenvalue weighted by Gasteiger charge is 2.36. The average Bonchev–Trinajstić information content (AvgIpc) is 2.89. The Kier molecular flexibility index (Phi) is 4.22. The molecule has 116 valence electrons. The van der Waals surface area contributed by atoms with Crippen molar-refractivity contribution in [2.45, 2.75) is 18.9 Å². The molecule has 2 fully saturated rings. The Morgan fingerprint density at radius 1 is 1.19 bits per heavy atom. The zero-order valence-corrected chi connectivity index (χ0v) is 13.1. The lowest BCUT2D eigenvalue weighted by molar-refractivity contribution is 0.239. The van der Waals surface area contributed by atoms with Gasteiger partial charge in [-0.3, -0.25) is 10.3 Å². The van der Waals surface area contributed by atoms with Crippen molar-refractivity contribution >= 4 is 11.4 Å². The lowest BCUT2D eigenvalue weighted by atomic mass is 9.92. The van der Waals surface area contributed by atoms with Gasteiger partial charge < -0.3 is 14.5 Å². The number of benzene rings is 1. The number of rotatable bonds is 4. The van der Waals surface area contributed by atoms with Gasteiger partial charge in [0, 0.05) is 30.9 Å². The Labute approximate surface area is 126 Å². The van der Waals surface area contributed by atoms with E-state index in [0.29, 0.717) is 0 Å². The number of fused-ring (bicyclic) bond motifs is 1. The highest BCUT2D eigenvalue weighted by molar-refractivity contribution is 5.64. The largest absolute Gasteiger partial charge is 0.494 e. The predicted octanol–water partition coefficient (Wildman–Crippen LogP) is 2.20. The van der Waals surface area contributed by atoms with Crippen molar-refractivity contribution in [2.75, 3.05) is 51.3 Å². The van der Waals surface area contributed by atoms with Gasteiger partial charge in [0.15, 0.2) is 0 Å². The molecule has 0 aliphatic carbocycles. The molecule has 2 unspecified atom stereocenters. The Bertz CT molecular complexity index is 494. The third-order valence-corrected chi connectivity index (χ3v) is 4.87. The number of hydrogen-bond donors (Lipinski definition) is 1. The number of nitrogens with one attached hydrogen (secondary N) is 1. The van der Waals surface area contributed by atoms with Gasteiger partial charge in [-0.15, -0.1) is 0 Å². The zero-order chi connectivity index (χ0) is 14.8. The molecule has 0 aromatic heterocycles. The third-order valence-electron chi connectivity index (χ3n) is 4.87. The quantitative estimate of drug-likeness (QED) is 0.861. The van der Waals surface area contributed by atoms with E-state index in [2.05, 4.69) is 34.5 Å². The minimum Gasteiger partial charge on any atom is -0.494 e. The summed E-state index contributed by atoms with van der Waals surface area (Å²) in [6.07, 6.45) is 2.57. The third kappa shape index (κ3) is 2.80. The maximum absolute atomic E-state index is 5.46. The molecule has 5 nitrogen and oxygen atoms in total. The molecule has 2 saturated heterocycles. The molecule has 0 amide bonds. The zero-order valence-electron chi connectivity index (χ0n) is 13.1. The molecule has 1 aromatic rings. The summed E-state index contributed by atoms with van der Waals surface area (Å²) >= 11 is 0. The van der Waals surface area contributed by atoms with Gasteiger partial charge in [0.2, 0.25) is 0 Å². The molecule has 5 heteroatoms. The summed E-state index contributed by atoms with van der Waals surface area (Å²) in [4.78, 5) is 9.98. The molecule has 0 saturated carbocycles. The number of anilines is 2. The van der Waals surface area contributed by atoms with Crippen LogP contribution in [0.5, 0.6) is 5.75 Å². The predicted molar refractivity (Wildman–Crippen MR) is 85.0 cm³/mol. The fourth-order valence-electron chi connectivity index (χ4n) is 3.72. The van der Waals surface area contributed by atoms with Crippen LogP contribution in [0.2, 0.25) is 0 Å². The number of methoxy groups -OCH3 is 1. The molecule has 21 heavy (non-hydrogen) atoms. The van der Waals surface area contributed by atoms with Crippen molar-refractivity contribution < 1.29 is 9.57 Å². The second-order valence-corrected chi connectivity index (χ2v) is 6.02. The summed E-state index contributed by atoms with van der Waals surface area (Å²) in [6, 6.07) is 7.03. The second-order valence-electron chi connectivity index (χ2n) is 6.02. The van der Waals surface area contributed by atoms with Crippen LogP contribution in [0.4, 0.5) is 11.4 Å². The summed E-state index contributed by atoms with van der Waals surface area (Å²) < 4.78 is 5.46. The van der Waals surface area contributed by atoms with Crippen LogP contribution in [0.15, 0.2) is 18.2 Å². The summed E-state index contributed by atoms with van der Waals surface area (Å²) in [5.41, 5.74) is 4.95. The maximum Gasteiger partial charge on any atom is 0.146 e. The minimum absolute atomic E-state index is 0.776. The van der Waals surface area contributed by atoms with E-state index in [9.17, 15) is 0 Å². The van der Waals surface area contributed by atoms with Crippen molar-refractivity contribution in [3.8, 4) is 5.75 Å². The van der Waals surface area contributed by atoms with Crippen molar-refractivity contribution in [2.24, 2.45) is 5.92 Å². The summed E-state index contributed by atoms with van der Waals surface area (Å²) in [7, 11) is 5.56. The minimum atomic E-state index is 0.776. The van der Waals surface area contributed by atoms with Crippen LogP contribution < -0.4 is 15.1 Å². The fraction of sp³-hybridized carbons (Fsp3) is 0.625. The Hall–Kier alpha value is -1.46. The van der Waals surface area contributed by atoms with Crippen LogP contribution in [0.1, 0.15) is 12.8 Å². The first-order chi connectivity index (χ1) is 10.2. The van der Waals surface area contributed by atoms with E-state index in [-0.39, 0.29) is 0 Å². The first-order valence-electron chi connectivity index (χ1n) is 7.65. The van der Waals surface area contributed by atoms with E-state index in [4.69, 9.17) is 9.57 Å². The first kappa shape index (κ1) is 14.5. The molecule has 0 radical (unpaired) electrons. The van der Waals surface area contributed by atoms with E-state index >= 15 is 0 Å². The lowest BCUT2D eigenvalue weighted by Crippen LogP contribution is -2.44. The summed E-state index contributed by atoms with van der Waals surface area (Å²) in [6.45, 7) is 3.50. The molecule has 3 rings (SSSR count). The normalized spacial score (nSPS) is 25.8. The fourth-order valence-corrected chi connectivity index (χ4v) is 3.72. The molecular formula is C16H25N3O2.